The smallest absolute Gasteiger partial charge is 0.235 e. The van der Waals surface area contributed by atoms with Crippen LogP contribution in [0.1, 0.15) is 54.4 Å². The molecule has 240 valence electrons. The first kappa shape index (κ1) is 32.0. The highest BCUT2D eigenvalue weighted by molar-refractivity contribution is 6.32. The van der Waals surface area contributed by atoms with Crippen LogP contribution in [0.25, 0.3) is 0 Å². The van der Waals surface area contributed by atoms with Gasteiger partial charge in [-0.2, -0.15) is 0 Å². The zero-order chi connectivity index (χ0) is 32.2. The Morgan fingerprint density at radius 2 is 1.75 bits per heavy atom. The second-order valence-electron chi connectivity index (χ2n) is 13.3. The molecule has 3 fully saturated rings. The predicted octanol–water partition coefficient (Wildman–Crippen LogP) is -0.209. The monoisotopic (exact) mass is 613 g/mol. The van der Waals surface area contributed by atoms with E-state index in [2.05, 4.69) is 10.6 Å². The average Bonchev–Trinajstić information content (AvgIpc) is 2.95. The number of ketones is 4. The molecule has 3 saturated carbocycles. The molecule has 0 aromatic heterocycles. The zero-order valence-corrected chi connectivity index (χ0v) is 25.6. The number of nitrogens with zero attached hydrogens (tertiary/aromatic N) is 2. The number of hydrogen-bond donors (Lipinski definition) is 6. The van der Waals surface area contributed by atoms with Gasteiger partial charge in [-0.05, 0) is 63.2 Å². The fourth-order valence-corrected chi connectivity index (χ4v) is 8.03. The van der Waals surface area contributed by atoms with E-state index in [1.165, 1.54) is 11.3 Å². The van der Waals surface area contributed by atoms with Crippen molar-refractivity contribution < 1.29 is 39.3 Å². The van der Waals surface area contributed by atoms with Gasteiger partial charge in [0.15, 0.2) is 41.0 Å². The summed E-state index contributed by atoms with van der Waals surface area (Å²) in [6.45, 7) is 0.577. The van der Waals surface area contributed by atoms with E-state index in [-0.39, 0.29) is 24.1 Å². The maximum absolute atomic E-state index is 14.1. The highest BCUT2D eigenvalue weighted by Gasteiger charge is 2.69. The number of carbonyl (C=O) groups excluding carboxylic acids is 5. The first-order valence-electron chi connectivity index (χ1n) is 15.3. The minimum Gasteiger partial charge on any atom is -0.505 e. The maximum atomic E-state index is 14.1. The number of anilines is 2. The van der Waals surface area contributed by atoms with Crippen LogP contribution in [0.2, 0.25) is 0 Å². The number of hydrogen-bond acceptors (Lipinski definition) is 12. The lowest BCUT2D eigenvalue weighted by Crippen LogP contribution is -2.74. The quantitative estimate of drug-likeness (QED) is 0.128. The average molecular weight is 614 g/mol. The lowest BCUT2D eigenvalue weighted by molar-refractivity contribution is -0.181. The molecule has 0 spiro atoms. The molecule has 0 heterocycles. The summed E-state index contributed by atoms with van der Waals surface area (Å²) in [4.78, 5) is 70.4. The number of nitrogens with two attached hydrogens (primary N) is 1. The van der Waals surface area contributed by atoms with Crippen molar-refractivity contribution >= 4 is 40.4 Å². The number of benzene rings is 1. The Morgan fingerprint density at radius 1 is 1.09 bits per heavy atom. The van der Waals surface area contributed by atoms with E-state index in [4.69, 9.17) is 5.73 Å². The van der Waals surface area contributed by atoms with Crippen molar-refractivity contribution in [2.45, 2.75) is 62.9 Å². The molecule has 13 heteroatoms. The number of phenols is 1. The second-order valence-corrected chi connectivity index (χ2v) is 13.3. The van der Waals surface area contributed by atoms with Crippen LogP contribution in [0, 0.1) is 29.6 Å². The van der Waals surface area contributed by atoms with Crippen LogP contribution >= 0.6 is 0 Å². The largest absolute Gasteiger partial charge is 0.505 e. The van der Waals surface area contributed by atoms with Crippen LogP contribution in [0.3, 0.4) is 0 Å². The molecule has 44 heavy (non-hydrogen) atoms. The van der Waals surface area contributed by atoms with Crippen LogP contribution in [0.15, 0.2) is 6.07 Å². The summed E-state index contributed by atoms with van der Waals surface area (Å²) in [5.74, 6) is -10.7. The highest BCUT2D eigenvalue weighted by atomic mass is 16.3. The van der Waals surface area contributed by atoms with E-state index in [9.17, 15) is 39.3 Å². The second kappa shape index (κ2) is 11.8. The third kappa shape index (κ3) is 5.09. The lowest BCUT2D eigenvalue weighted by Gasteiger charge is -2.52. The van der Waals surface area contributed by atoms with Crippen LogP contribution in [-0.2, 0) is 25.6 Å². The molecule has 0 bridgehead atoms. The summed E-state index contributed by atoms with van der Waals surface area (Å²) in [6.07, 6.45) is 4.53. The Labute approximate surface area is 256 Å². The molecule has 3 unspecified atom stereocenters. The molecule has 1 amide bonds. The number of rotatable bonds is 8. The van der Waals surface area contributed by atoms with Gasteiger partial charge in [-0.25, -0.2) is 0 Å². The van der Waals surface area contributed by atoms with Crippen molar-refractivity contribution in [3.05, 3.63) is 17.2 Å². The number of fused-ring (bicyclic) bond motifs is 3. The number of amides is 1. The third-order valence-electron chi connectivity index (χ3n) is 10.1. The molecule has 1 aromatic rings. The Hall–Kier alpha value is -3.39. The molecule has 13 nitrogen and oxygen atoms in total. The van der Waals surface area contributed by atoms with Gasteiger partial charge in [-0.3, -0.25) is 34.2 Å². The molecule has 0 radical (unpaired) electrons. The Kier molecular flexibility index (Phi) is 8.62. The van der Waals surface area contributed by atoms with Crippen molar-refractivity contribution in [3.8, 4) is 5.75 Å². The molecule has 7 N–H and O–H groups in total. The molecular weight excluding hydrogens is 570 g/mol. The molecule has 1 aromatic carbocycles. The standard InChI is InChI=1S/C31H43N5O8/c1-35(2)19-12-18(34-30(43)33-13-14-8-6-5-7-9-14)24(37)21-16(19)10-15-11-17-23(36(3)4)26(39)22(29(32)42)28(41)31(17,44)27(40)20(15)25(21)38/h12,14-15,17,20,22-23,30,33-34,37,43-44H,5-11,13H2,1-4H3,(H2,32,42)/t15-,17-,20?,22?,23-,30?,31-/m0/s1. The van der Waals surface area contributed by atoms with Gasteiger partial charge in [0, 0.05) is 32.2 Å². The van der Waals surface area contributed by atoms with Gasteiger partial charge >= 0.3 is 0 Å². The van der Waals surface area contributed by atoms with Gasteiger partial charge < -0.3 is 31.3 Å². The number of carbonyl (C=O) groups is 5. The van der Waals surface area contributed by atoms with E-state index in [1.54, 1.807) is 39.2 Å². The van der Waals surface area contributed by atoms with Crippen LogP contribution < -0.4 is 21.3 Å². The van der Waals surface area contributed by atoms with Gasteiger partial charge in [-0.1, -0.05) is 19.3 Å². The molecule has 0 aliphatic heterocycles. The van der Waals surface area contributed by atoms with Gasteiger partial charge in [0.2, 0.25) is 5.91 Å². The molecule has 0 saturated heterocycles. The summed E-state index contributed by atoms with van der Waals surface area (Å²) < 4.78 is 0. The van der Waals surface area contributed by atoms with Crippen molar-refractivity contribution in [1.29, 1.82) is 0 Å². The lowest BCUT2D eigenvalue weighted by atomic mass is 9.52. The predicted molar refractivity (Wildman–Crippen MR) is 160 cm³/mol. The van der Waals surface area contributed by atoms with E-state index < -0.39 is 76.5 Å². The Morgan fingerprint density at radius 3 is 2.34 bits per heavy atom. The molecular formula is C31H43N5O8. The van der Waals surface area contributed by atoms with Gasteiger partial charge in [0.05, 0.1) is 23.2 Å². The number of likely N-dealkylation sites (N-methyl/N-ethyl adjacent to an activating group) is 1. The van der Waals surface area contributed by atoms with E-state index in [0.29, 0.717) is 23.7 Å². The number of primary amides is 1. The fraction of sp³-hybridized carbons (Fsp3) is 0.645. The maximum Gasteiger partial charge on any atom is 0.235 e. The van der Waals surface area contributed by atoms with Crippen LogP contribution in [0.5, 0.6) is 5.75 Å². The Balaban J connectivity index is 1.51. The summed E-state index contributed by atoms with van der Waals surface area (Å²) in [5, 5.41) is 39.7. The summed E-state index contributed by atoms with van der Waals surface area (Å²) in [5.41, 5.74) is 3.60. The SMILES string of the molecule is CN(C)c1cc(NC(O)NCC2CCCCC2)c(O)c2c1C[C@H]1C[C@H]3[C@H](N(C)C)C(=O)C(C(N)=O)C(=O)[C@@]3(O)C(=O)C1C2=O. The Bertz CT molecular complexity index is 1390. The number of Topliss-reactive ketones (excluding diaryl/α,β-unsaturated/α-hetero) is 4. The normalized spacial score (nSPS) is 31.3. The number of phenolic OH excluding ortho intramolecular Hbond substituents is 1. The number of aromatic hydroxyl groups is 1. The van der Waals surface area contributed by atoms with Crippen molar-refractivity contribution in [2.24, 2.45) is 35.3 Å². The first-order valence-corrected chi connectivity index (χ1v) is 15.3. The number of aliphatic hydroxyl groups is 2. The van der Waals surface area contributed by atoms with Crippen molar-refractivity contribution in [2.75, 3.05) is 45.0 Å². The minimum atomic E-state index is -2.79. The minimum absolute atomic E-state index is 0.0265. The fourth-order valence-electron chi connectivity index (χ4n) is 8.03. The summed E-state index contributed by atoms with van der Waals surface area (Å²) in [6, 6.07) is 0.467. The van der Waals surface area contributed by atoms with Gasteiger partial charge in [0.25, 0.3) is 0 Å². The van der Waals surface area contributed by atoms with Crippen LogP contribution in [-0.4, -0.2) is 102 Å². The zero-order valence-electron chi connectivity index (χ0n) is 25.6. The summed E-state index contributed by atoms with van der Waals surface area (Å²) in [7, 11) is 6.62. The molecule has 7 atom stereocenters. The molecule has 4 aliphatic rings. The number of nitrogens with one attached hydrogen (secondary N) is 2. The van der Waals surface area contributed by atoms with E-state index in [1.807, 2.05) is 0 Å². The topological polar surface area (TPSA) is 203 Å². The van der Waals surface area contributed by atoms with Gasteiger partial charge in [-0.15, -0.1) is 0 Å². The van der Waals surface area contributed by atoms with Crippen LogP contribution in [0.4, 0.5) is 11.4 Å². The molecule has 5 rings (SSSR count). The van der Waals surface area contributed by atoms with Crippen molar-refractivity contribution in [1.82, 2.24) is 10.2 Å². The van der Waals surface area contributed by atoms with E-state index >= 15 is 0 Å². The first-order chi connectivity index (χ1) is 20.7. The van der Waals surface area contributed by atoms with Gasteiger partial charge in [0.1, 0.15) is 5.75 Å². The van der Waals surface area contributed by atoms with Crippen molar-refractivity contribution in [3.63, 3.8) is 0 Å². The third-order valence-corrected chi connectivity index (χ3v) is 10.1. The number of aliphatic hydroxyl groups excluding tert-OH is 1. The molecule has 4 aliphatic carbocycles. The summed E-state index contributed by atoms with van der Waals surface area (Å²) >= 11 is 0. The van der Waals surface area contributed by atoms with E-state index in [0.717, 1.165) is 25.7 Å². The highest BCUT2D eigenvalue weighted by Crippen LogP contribution is 2.52.